The Hall–Kier alpha value is -3.36. The van der Waals surface area contributed by atoms with E-state index in [2.05, 4.69) is 13.0 Å². The molecule has 1 atom stereocenters. The fraction of sp³-hybridized carbons (Fsp3) is 0.379. The number of nitrogens with one attached hydrogen (secondary N) is 1. The lowest BCUT2D eigenvalue weighted by atomic mass is 9.86. The number of rotatable bonds is 8. The highest BCUT2D eigenvalue weighted by atomic mass is 16.2. The van der Waals surface area contributed by atoms with Crippen LogP contribution in [0.2, 0.25) is 0 Å². The van der Waals surface area contributed by atoms with Crippen LogP contribution in [0.1, 0.15) is 71.4 Å². The summed E-state index contributed by atoms with van der Waals surface area (Å²) in [5, 5.41) is 9.41. The molecule has 1 aliphatic rings. The van der Waals surface area contributed by atoms with Crippen LogP contribution in [0.15, 0.2) is 64.8 Å². The van der Waals surface area contributed by atoms with E-state index in [9.17, 15) is 14.9 Å². The highest BCUT2D eigenvalue weighted by Gasteiger charge is 2.37. The predicted octanol–water partition coefficient (Wildman–Crippen LogP) is 5.02. The number of carbonyl (C=O) groups is 2. The van der Waals surface area contributed by atoms with Crippen LogP contribution >= 0.6 is 0 Å². The third kappa shape index (κ3) is 5.76. The van der Waals surface area contributed by atoms with Gasteiger partial charge in [-0.2, -0.15) is 5.26 Å². The zero-order valence-electron chi connectivity index (χ0n) is 20.9. The number of ketones is 1. The Morgan fingerprint density at radius 3 is 2.38 bits per heavy atom. The topological polar surface area (TPSA) is 74.7 Å². The second-order valence-corrected chi connectivity index (χ2v) is 9.91. The molecule has 1 N–H and O–H groups in total. The van der Waals surface area contributed by atoms with E-state index >= 15 is 0 Å². The number of quaternary nitrogens is 1. The molecule has 5 heteroatoms. The van der Waals surface area contributed by atoms with Crippen molar-refractivity contribution in [1.29, 1.82) is 5.26 Å². The summed E-state index contributed by atoms with van der Waals surface area (Å²) >= 11 is 0. The van der Waals surface area contributed by atoms with Crippen LogP contribution in [0.4, 0.5) is 0 Å². The molecule has 0 radical (unpaired) electrons. The fourth-order valence-electron chi connectivity index (χ4n) is 4.02. The zero-order valence-corrected chi connectivity index (χ0v) is 20.9. The third-order valence-corrected chi connectivity index (χ3v) is 6.27. The van der Waals surface area contributed by atoms with Crippen molar-refractivity contribution in [2.75, 3.05) is 0 Å². The van der Waals surface area contributed by atoms with E-state index in [4.69, 9.17) is 4.99 Å². The molecule has 5 nitrogen and oxygen atoms in total. The van der Waals surface area contributed by atoms with Crippen molar-refractivity contribution in [2.24, 2.45) is 10.4 Å². The number of allylic oxidation sites excluding steroid dienone is 1. The number of nitriles is 1. The van der Waals surface area contributed by atoms with E-state index in [0.29, 0.717) is 28.3 Å². The van der Waals surface area contributed by atoms with Crippen LogP contribution in [0.3, 0.4) is 0 Å². The van der Waals surface area contributed by atoms with E-state index in [1.165, 1.54) is 0 Å². The predicted molar refractivity (Wildman–Crippen MR) is 135 cm³/mol. The summed E-state index contributed by atoms with van der Waals surface area (Å²) in [6.45, 7) is 10.1. The maximum absolute atomic E-state index is 13.6. The molecular weight excluding hydrogens is 422 g/mol. The van der Waals surface area contributed by atoms with Gasteiger partial charge in [0.1, 0.15) is 12.3 Å². The first-order valence-corrected chi connectivity index (χ1v) is 12.0. The molecule has 1 heterocycles. The maximum atomic E-state index is 13.6. The first kappa shape index (κ1) is 25.3. The molecule has 0 aliphatic carbocycles. The lowest BCUT2D eigenvalue weighted by Gasteiger charge is -2.25. The Balaban J connectivity index is 1.88. The van der Waals surface area contributed by atoms with Gasteiger partial charge in [-0.25, -0.2) is 14.7 Å². The largest absolute Gasteiger partial charge is 0.348 e. The van der Waals surface area contributed by atoms with Crippen LogP contribution in [0, 0.1) is 16.7 Å². The number of hydrogen-bond acceptors (Lipinski definition) is 4. The number of Topliss-reactive ketones (excluding diaryl/α,β-unsaturated/α-hetero) is 1. The van der Waals surface area contributed by atoms with Gasteiger partial charge in [0.2, 0.25) is 5.84 Å². The highest BCUT2D eigenvalue weighted by Crippen LogP contribution is 2.25. The van der Waals surface area contributed by atoms with Crippen LogP contribution in [0.25, 0.3) is 11.1 Å². The van der Waals surface area contributed by atoms with Gasteiger partial charge >= 0.3 is 5.91 Å². The molecule has 0 fully saturated rings. The fourth-order valence-corrected chi connectivity index (χ4v) is 4.02. The number of nitrogens with zero attached hydrogens (tertiary/aromatic N) is 2. The second-order valence-electron chi connectivity index (χ2n) is 9.91. The van der Waals surface area contributed by atoms with Crippen molar-refractivity contribution in [3.63, 3.8) is 0 Å². The number of carbonyl (C=O) groups excluding carboxylic acids is 2. The first-order valence-electron chi connectivity index (χ1n) is 12.0. The van der Waals surface area contributed by atoms with E-state index in [1.807, 2.05) is 76.2 Å². The van der Waals surface area contributed by atoms with Crippen molar-refractivity contribution in [3.8, 4) is 17.2 Å². The number of aliphatic imine (C=N–C) groups is 1. The Labute approximate surface area is 202 Å². The lowest BCUT2D eigenvalue weighted by molar-refractivity contribution is -0.737. The highest BCUT2D eigenvalue weighted by molar-refractivity contribution is 6.02. The van der Waals surface area contributed by atoms with Gasteiger partial charge in [-0.15, -0.1) is 0 Å². The number of benzene rings is 2. The summed E-state index contributed by atoms with van der Waals surface area (Å²) in [6, 6.07) is 17.8. The maximum Gasteiger partial charge on any atom is 0.348 e. The summed E-state index contributed by atoms with van der Waals surface area (Å²) in [7, 11) is 0. The number of amidine groups is 1. The lowest BCUT2D eigenvalue weighted by Crippen LogP contribution is -3.16. The molecule has 0 saturated carbocycles. The van der Waals surface area contributed by atoms with Gasteiger partial charge in [0.05, 0.1) is 22.9 Å². The quantitative estimate of drug-likeness (QED) is 0.606. The molecule has 1 amide bonds. The molecule has 0 saturated heterocycles. The molecule has 1 aliphatic heterocycles. The summed E-state index contributed by atoms with van der Waals surface area (Å²) in [5.74, 6) is 0.840. The number of unbranched alkanes of at least 4 members (excludes halogenated alkanes) is 1. The molecule has 3 rings (SSSR count). The Morgan fingerprint density at radius 2 is 1.76 bits per heavy atom. The van der Waals surface area contributed by atoms with Crippen molar-refractivity contribution in [2.45, 2.75) is 66.8 Å². The van der Waals surface area contributed by atoms with Crippen LogP contribution in [-0.4, -0.2) is 17.5 Å². The van der Waals surface area contributed by atoms with Gasteiger partial charge in [-0.3, -0.25) is 4.79 Å². The molecule has 2 aromatic rings. The van der Waals surface area contributed by atoms with Crippen molar-refractivity contribution in [1.82, 2.24) is 0 Å². The smallest absolute Gasteiger partial charge is 0.299 e. The molecule has 0 aromatic heterocycles. The number of amides is 1. The SMILES string of the molecule is CCCCC1=NC(C)=C(CC(=O)C(C)(C)C)C(=O)[NH+]1Cc1ccc(-c2ccccc2C#N)cc1. The van der Waals surface area contributed by atoms with Crippen LogP contribution in [-0.2, 0) is 16.1 Å². The average Bonchev–Trinajstić information content (AvgIpc) is 2.82. The summed E-state index contributed by atoms with van der Waals surface area (Å²) < 4.78 is 0. The van der Waals surface area contributed by atoms with E-state index in [-0.39, 0.29) is 18.1 Å². The van der Waals surface area contributed by atoms with E-state index in [1.54, 1.807) is 0 Å². The third-order valence-electron chi connectivity index (χ3n) is 6.27. The van der Waals surface area contributed by atoms with Gasteiger partial charge in [-0.1, -0.05) is 76.6 Å². The van der Waals surface area contributed by atoms with Crippen LogP contribution < -0.4 is 4.90 Å². The molecule has 0 spiro atoms. The Kier molecular flexibility index (Phi) is 7.96. The number of hydrogen-bond donors (Lipinski definition) is 1. The normalized spacial score (nSPS) is 16.3. The Bertz CT molecular complexity index is 1180. The Morgan fingerprint density at radius 1 is 1.09 bits per heavy atom. The molecule has 2 aromatic carbocycles. The van der Waals surface area contributed by atoms with E-state index < -0.39 is 5.41 Å². The van der Waals surface area contributed by atoms with Gasteiger partial charge in [0.15, 0.2) is 0 Å². The molecular formula is C29H34N3O2+. The van der Waals surface area contributed by atoms with Crippen molar-refractivity contribution in [3.05, 3.63) is 70.9 Å². The molecule has 1 unspecified atom stereocenters. The second kappa shape index (κ2) is 10.7. The first-order chi connectivity index (χ1) is 16.2. The molecule has 34 heavy (non-hydrogen) atoms. The summed E-state index contributed by atoms with van der Waals surface area (Å²) in [6.07, 6.45) is 2.85. The van der Waals surface area contributed by atoms with Crippen LogP contribution in [0.5, 0.6) is 0 Å². The van der Waals surface area contributed by atoms with Crippen molar-refractivity contribution < 1.29 is 14.5 Å². The van der Waals surface area contributed by atoms with E-state index in [0.717, 1.165) is 41.8 Å². The minimum Gasteiger partial charge on any atom is -0.299 e. The molecule has 176 valence electrons. The zero-order chi connectivity index (χ0) is 24.9. The molecule has 0 bridgehead atoms. The van der Waals surface area contributed by atoms with Gasteiger partial charge in [0.25, 0.3) is 0 Å². The summed E-state index contributed by atoms with van der Waals surface area (Å²) in [4.78, 5) is 31.8. The monoisotopic (exact) mass is 456 g/mol. The van der Waals surface area contributed by atoms with Gasteiger partial charge in [0, 0.05) is 23.8 Å². The minimum atomic E-state index is -0.504. The summed E-state index contributed by atoms with van der Waals surface area (Å²) in [5.41, 5.74) is 4.19. The standard InChI is InChI=1S/C29H33N3O2/c1-6-7-12-27-31-20(2)25(17-26(33)29(3,4)5)28(34)32(27)19-21-13-15-22(16-14-21)24-11-9-8-10-23(24)18-30/h8-11,13-16H,6-7,12,17,19H2,1-5H3/p+1. The minimum absolute atomic E-state index is 0.0438. The van der Waals surface area contributed by atoms with Gasteiger partial charge in [-0.05, 0) is 30.5 Å². The van der Waals surface area contributed by atoms with Crippen molar-refractivity contribution >= 4 is 17.5 Å². The van der Waals surface area contributed by atoms with Gasteiger partial charge < -0.3 is 0 Å². The average molecular weight is 457 g/mol.